The monoisotopic (exact) mass is 323 g/mol. The van der Waals surface area contributed by atoms with Crippen molar-refractivity contribution < 1.29 is 9.32 Å². The van der Waals surface area contributed by atoms with Gasteiger partial charge in [0.25, 0.3) is 0 Å². The summed E-state index contributed by atoms with van der Waals surface area (Å²) in [5, 5.41) is 9.36. The van der Waals surface area contributed by atoms with Crippen LogP contribution in [0.4, 0.5) is 10.6 Å². The smallest absolute Gasteiger partial charge is 0.320 e. The highest BCUT2D eigenvalue weighted by Crippen LogP contribution is 2.22. The van der Waals surface area contributed by atoms with Gasteiger partial charge in [0, 0.05) is 37.3 Å². The topological polar surface area (TPSA) is 73.6 Å². The van der Waals surface area contributed by atoms with Crippen LogP contribution in [0.5, 0.6) is 0 Å². The standard InChI is InChI=1S/C16H29N5O2/c1-12-10-14(19-23-12)18-15(22)17-11-16(2,3)21-8-6-13(7-9-21)20(4)5/h10,13H,6-9,11H2,1-5H3,(H2,17,18,19,22). The number of urea groups is 1. The lowest BCUT2D eigenvalue weighted by Crippen LogP contribution is -2.56. The van der Waals surface area contributed by atoms with E-state index in [1.807, 2.05) is 0 Å². The predicted molar refractivity (Wildman–Crippen MR) is 90.6 cm³/mol. The maximum absolute atomic E-state index is 12.0. The van der Waals surface area contributed by atoms with E-state index in [9.17, 15) is 4.79 Å². The van der Waals surface area contributed by atoms with Gasteiger partial charge in [0.05, 0.1) is 0 Å². The number of hydrogen-bond acceptors (Lipinski definition) is 5. The highest BCUT2D eigenvalue weighted by Gasteiger charge is 2.31. The number of amides is 2. The van der Waals surface area contributed by atoms with Crippen LogP contribution in [-0.2, 0) is 0 Å². The molecule has 2 amide bonds. The number of aromatic nitrogens is 1. The predicted octanol–water partition coefficient (Wildman–Crippen LogP) is 1.91. The third-order valence-electron chi connectivity index (χ3n) is 4.60. The fraction of sp³-hybridized carbons (Fsp3) is 0.750. The minimum absolute atomic E-state index is 0.0750. The molecule has 130 valence electrons. The molecule has 0 atom stereocenters. The van der Waals surface area contributed by atoms with E-state index < -0.39 is 0 Å². The lowest BCUT2D eigenvalue weighted by Gasteiger charge is -2.44. The van der Waals surface area contributed by atoms with Gasteiger partial charge in [0.2, 0.25) is 0 Å². The zero-order chi connectivity index (χ0) is 17.0. The van der Waals surface area contributed by atoms with Gasteiger partial charge in [-0.05, 0) is 47.7 Å². The average molecular weight is 323 g/mol. The van der Waals surface area contributed by atoms with Crippen molar-refractivity contribution in [2.45, 2.75) is 45.2 Å². The number of carbonyl (C=O) groups is 1. The summed E-state index contributed by atoms with van der Waals surface area (Å²) in [7, 11) is 4.28. The zero-order valence-electron chi connectivity index (χ0n) is 14.8. The summed E-state index contributed by atoms with van der Waals surface area (Å²) in [6.45, 7) is 8.83. The number of aryl methyl sites for hydroxylation is 1. The second-order valence-electron chi connectivity index (χ2n) is 7.12. The lowest BCUT2D eigenvalue weighted by atomic mass is 9.96. The Morgan fingerprint density at radius 2 is 2.09 bits per heavy atom. The zero-order valence-corrected chi connectivity index (χ0v) is 14.8. The Kier molecular flexibility index (Phi) is 5.64. The molecule has 2 heterocycles. The first-order chi connectivity index (χ1) is 10.8. The second kappa shape index (κ2) is 7.31. The van der Waals surface area contributed by atoms with Gasteiger partial charge in [-0.2, -0.15) is 0 Å². The van der Waals surface area contributed by atoms with Crippen molar-refractivity contribution in [1.29, 1.82) is 0 Å². The second-order valence-corrected chi connectivity index (χ2v) is 7.12. The van der Waals surface area contributed by atoms with Gasteiger partial charge >= 0.3 is 6.03 Å². The Morgan fingerprint density at radius 3 is 2.61 bits per heavy atom. The van der Waals surface area contributed by atoms with Gasteiger partial charge in [0.15, 0.2) is 5.82 Å². The first-order valence-corrected chi connectivity index (χ1v) is 8.17. The molecule has 23 heavy (non-hydrogen) atoms. The fourth-order valence-electron chi connectivity index (χ4n) is 2.98. The fourth-order valence-corrected chi connectivity index (χ4v) is 2.98. The number of carbonyl (C=O) groups excluding carboxylic acids is 1. The van der Waals surface area contributed by atoms with Gasteiger partial charge < -0.3 is 14.7 Å². The van der Waals surface area contributed by atoms with Gasteiger partial charge in [-0.25, -0.2) is 4.79 Å². The molecule has 7 heteroatoms. The van der Waals surface area contributed by atoms with E-state index in [0.717, 1.165) is 13.1 Å². The Hall–Kier alpha value is -1.60. The van der Waals surface area contributed by atoms with Crippen molar-refractivity contribution in [1.82, 2.24) is 20.3 Å². The highest BCUT2D eigenvalue weighted by molar-refractivity contribution is 5.88. The number of anilines is 1. The van der Waals surface area contributed by atoms with Crippen molar-refractivity contribution in [3.63, 3.8) is 0 Å². The number of likely N-dealkylation sites (tertiary alicyclic amines) is 1. The van der Waals surface area contributed by atoms with E-state index in [-0.39, 0.29) is 11.6 Å². The number of piperidine rings is 1. The molecule has 0 unspecified atom stereocenters. The van der Waals surface area contributed by atoms with Crippen LogP contribution in [0.1, 0.15) is 32.4 Å². The quantitative estimate of drug-likeness (QED) is 0.866. The first-order valence-electron chi connectivity index (χ1n) is 8.17. The SMILES string of the molecule is Cc1cc(NC(=O)NCC(C)(C)N2CCC(N(C)C)CC2)no1. The normalized spacial score (nSPS) is 17.5. The van der Waals surface area contributed by atoms with Crippen LogP contribution in [-0.4, -0.2) is 66.3 Å². The van der Waals surface area contributed by atoms with E-state index in [1.165, 1.54) is 12.8 Å². The summed E-state index contributed by atoms with van der Waals surface area (Å²) in [6.07, 6.45) is 2.34. The molecule has 1 saturated heterocycles. The van der Waals surface area contributed by atoms with Crippen LogP contribution in [0, 0.1) is 6.92 Å². The minimum Gasteiger partial charge on any atom is -0.360 e. The van der Waals surface area contributed by atoms with Crippen LogP contribution in [0.25, 0.3) is 0 Å². The summed E-state index contributed by atoms with van der Waals surface area (Å²) in [5.41, 5.74) is -0.0750. The van der Waals surface area contributed by atoms with Crippen molar-refractivity contribution in [3.05, 3.63) is 11.8 Å². The molecule has 1 aliphatic heterocycles. The Bertz CT molecular complexity index is 518. The van der Waals surface area contributed by atoms with Crippen LogP contribution in [0.15, 0.2) is 10.6 Å². The van der Waals surface area contributed by atoms with Crippen LogP contribution < -0.4 is 10.6 Å². The van der Waals surface area contributed by atoms with E-state index >= 15 is 0 Å². The molecule has 0 radical (unpaired) electrons. The summed E-state index contributed by atoms with van der Waals surface area (Å²) >= 11 is 0. The largest absolute Gasteiger partial charge is 0.360 e. The van der Waals surface area contributed by atoms with Gasteiger partial charge in [-0.15, -0.1) is 0 Å². The molecule has 1 fully saturated rings. The molecule has 0 bridgehead atoms. The van der Waals surface area contributed by atoms with E-state index in [4.69, 9.17) is 4.52 Å². The molecule has 2 rings (SSSR count). The van der Waals surface area contributed by atoms with Crippen molar-refractivity contribution in [2.75, 3.05) is 39.0 Å². The Morgan fingerprint density at radius 1 is 1.43 bits per heavy atom. The maximum Gasteiger partial charge on any atom is 0.320 e. The maximum atomic E-state index is 12.0. The lowest BCUT2D eigenvalue weighted by molar-refractivity contribution is 0.0634. The van der Waals surface area contributed by atoms with Crippen molar-refractivity contribution in [3.8, 4) is 0 Å². The van der Waals surface area contributed by atoms with Crippen molar-refractivity contribution >= 4 is 11.8 Å². The molecule has 0 aromatic carbocycles. The van der Waals surface area contributed by atoms with E-state index in [2.05, 4.69) is 53.5 Å². The molecule has 1 aromatic heterocycles. The third kappa shape index (κ3) is 4.94. The Balaban J connectivity index is 1.78. The third-order valence-corrected chi connectivity index (χ3v) is 4.60. The number of hydrogen-bond donors (Lipinski definition) is 2. The molecule has 0 saturated carbocycles. The molecule has 2 N–H and O–H groups in total. The average Bonchev–Trinajstić information content (AvgIpc) is 2.90. The molecule has 0 spiro atoms. The van der Waals surface area contributed by atoms with Crippen LogP contribution >= 0.6 is 0 Å². The van der Waals surface area contributed by atoms with Gasteiger partial charge in [0.1, 0.15) is 5.76 Å². The van der Waals surface area contributed by atoms with E-state index in [0.29, 0.717) is 24.2 Å². The first kappa shape index (κ1) is 17.7. The highest BCUT2D eigenvalue weighted by atomic mass is 16.5. The Labute approximate surface area is 138 Å². The van der Waals surface area contributed by atoms with Crippen LogP contribution in [0.2, 0.25) is 0 Å². The molecule has 7 nitrogen and oxygen atoms in total. The number of nitrogens with zero attached hydrogens (tertiary/aromatic N) is 3. The van der Waals surface area contributed by atoms with Gasteiger partial charge in [-0.1, -0.05) is 5.16 Å². The molecular weight excluding hydrogens is 294 g/mol. The molecule has 1 aromatic rings. The number of rotatable bonds is 5. The molecule has 1 aliphatic rings. The summed E-state index contributed by atoms with van der Waals surface area (Å²) in [6, 6.07) is 2.10. The van der Waals surface area contributed by atoms with Crippen molar-refractivity contribution in [2.24, 2.45) is 0 Å². The summed E-state index contributed by atoms with van der Waals surface area (Å²) in [5.74, 6) is 1.11. The molecule has 0 aliphatic carbocycles. The number of nitrogens with one attached hydrogen (secondary N) is 2. The van der Waals surface area contributed by atoms with Gasteiger partial charge in [-0.3, -0.25) is 10.2 Å². The minimum atomic E-state index is -0.255. The van der Waals surface area contributed by atoms with E-state index in [1.54, 1.807) is 13.0 Å². The summed E-state index contributed by atoms with van der Waals surface area (Å²) < 4.78 is 4.93. The summed E-state index contributed by atoms with van der Waals surface area (Å²) in [4.78, 5) is 16.7. The molecular formula is C16H29N5O2. The van der Waals surface area contributed by atoms with Crippen LogP contribution in [0.3, 0.4) is 0 Å².